The van der Waals surface area contributed by atoms with Crippen molar-refractivity contribution >= 4 is 17.9 Å². The summed E-state index contributed by atoms with van der Waals surface area (Å²) in [5, 5.41) is 11.6. The number of carboxylic acids is 1. The van der Waals surface area contributed by atoms with E-state index in [1.54, 1.807) is 25.9 Å². The Morgan fingerprint density at radius 1 is 1.29 bits per heavy atom. The first kappa shape index (κ1) is 17.3. The number of carbonyl (C=O) groups excluding carboxylic acids is 2. The molecule has 7 nitrogen and oxygen atoms in total. The van der Waals surface area contributed by atoms with Crippen LogP contribution in [0.5, 0.6) is 0 Å². The van der Waals surface area contributed by atoms with Crippen LogP contribution in [0.3, 0.4) is 0 Å². The van der Waals surface area contributed by atoms with Crippen molar-refractivity contribution in [1.29, 1.82) is 0 Å². The van der Waals surface area contributed by atoms with Crippen LogP contribution in [0.4, 0.5) is 4.79 Å². The van der Waals surface area contributed by atoms with Crippen molar-refractivity contribution < 1.29 is 19.5 Å². The minimum absolute atomic E-state index is 0.0239. The molecule has 7 heteroatoms. The Labute approximate surface area is 125 Å². The van der Waals surface area contributed by atoms with E-state index >= 15 is 0 Å². The van der Waals surface area contributed by atoms with Gasteiger partial charge in [-0.05, 0) is 19.3 Å². The maximum absolute atomic E-state index is 12.0. The van der Waals surface area contributed by atoms with Crippen LogP contribution >= 0.6 is 0 Å². The van der Waals surface area contributed by atoms with E-state index in [2.05, 4.69) is 5.32 Å². The molecule has 1 aliphatic heterocycles. The average molecular weight is 299 g/mol. The summed E-state index contributed by atoms with van der Waals surface area (Å²) >= 11 is 0. The van der Waals surface area contributed by atoms with E-state index in [0.29, 0.717) is 38.9 Å². The van der Waals surface area contributed by atoms with Gasteiger partial charge in [0.05, 0.1) is 5.92 Å². The zero-order valence-electron chi connectivity index (χ0n) is 13.0. The van der Waals surface area contributed by atoms with E-state index in [1.165, 1.54) is 4.90 Å². The van der Waals surface area contributed by atoms with Crippen molar-refractivity contribution in [1.82, 2.24) is 15.1 Å². The van der Waals surface area contributed by atoms with Crippen molar-refractivity contribution in [3.8, 4) is 0 Å². The number of carboxylic acid groups (broad SMARTS) is 1. The number of aliphatic carboxylic acids is 1. The van der Waals surface area contributed by atoms with Gasteiger partial charge in [-0.3, -0.25) is 9.59 Å². The molecule has 120 valence electrons. The lowest BCUT2D eigenvalue weighted by atomic mass is 9.96. The predicted octanol–water partition coefficient (Wildman–Crippen LogP) is 0.607. The molecule has 0 spiro atoms. The third-order valence-electron chi connectivity index (χ3n) is 3.82. The van der Waals surface area contributed by atoms with Crippen molar-refractivity contribution in [2.24, 2.45) is 11.8 Å². The molecule has 3 amide bonds. The van der Waals surface area contributed by atoms with Crippen LogP contribution in [0.1, 0.15) is 26.2 Å². The summed E-state index contributed by atoms with van der Waals surface area (Å²) in [7, 11) is 3.43. The Kier molecular flexibility index (Phi) is 6.45. The number of rotatable bonds is 5. The topological polar surface area (TPSA) is 90.0 Å². The van der Waals surface area contributed by atoms with Crippen molar-refractivity contribution in [2.75, 3.05) is 33.7 Å². The minimum Gasteiger partial charge on any atom is -0.481 e. The third-order valence-corrected chi connectivity index (χ3v) is 3.82. The van der Waals surface area contributed by atoms with Crippen molar-refractivity contribution in [2.45, 2.75) is 26.2 Å². The molecule has 1 saturated heterocycles. The molecule has 2 N–H and O–H groups in total. The highest BCUT2D eigenvalue weighted by Crippen LogP contribution is 2.18. The van der Waals surface area contributed by atoms with Crippen molar-refractivity contribution in [3.63, 3.8) is 0 Å². The van der Waals surface area contributed by atoms with E-state index in [4.69, 9.17) is 5.11 Å². The Balaban J connectivity index is 2.29. The van der Waals surface area contributed by atoms with Gasteiger partial charge in [-0.15, -0.1) is 0 Å². The molecule has 21 heavy (non-hydrogen) atoms. The summed E-state index contributed by atoms with van der Waals surface area (Å²) in [6.07, 6.45) is 1.73. The van der Waals surface area contributed by atoms with Gasteiger partial charge in [0, 0.05) is 39.6 Å². The molecule has 0 aliphatic carbocycles. The number of nitrogens with zero attached hydrogens (tertiary/aromatic N) is 2. The summed E-state index contributed by atoms with van der Waals surface area (Å²) in [5.41, 5.74) is 0. The third kappa shape index (κ3) is 5.24. The predicted molar refractivity (Wildman–Crippen MR) is 77.8 cm³/mol. The second-order valence-corrected chi connectivity index (χ2v) is 5.76. The van der Waals surface area contributed by atoms with Gasteiger partial charge in [0.2, 0.25) is 5.91 Å². The molecule has 1 aliphatic rings. The second-order valence-electron chi connectivity index (χ2n) is 5.76. The zero-order valence-corrected chi connectivity index (χ0v) is 13.0. The molecule has 1 atom stereocenters. The number of amides is 3. The first-order valence-electron chi connectivity index (χ1n) is 7.29. The highest BCUT2D eigenvalue weighted by molar-refractivity contribution is 5.79. The molecule has 0 aromatic heterocycles. The Morgan fingerprint density at radius 2 is 1.86 bits per heavy atom. The lowest BCUT2D eigenvalue weighted by molar-refractivity contribution is -0.141. The van der Waals surface area contributed by atoms with Crippen LogP contribution in [-0.4, -0.2) is 66.5 Å². The fraction of sp³-hybridized carbons (Fsp3) is 0.786. The summed E-state index contributed by atoms with van der Waals surface area (Å²) in [5.74, 6) is -1.43. The molecule has 1 rings (SSSR count). The van der Waals surface area contributed by atoms with Gasteiger partial charge in [-0.25, -0.2) is 4.79 Å². The highest BCUT2D eigenvalue weighted by atomic mass is 16.4. The number of hydrogen-bond acceptors (Lipinski definition) is 3. The van der Waals surface area contributed by atoms with Gasteiger partial charge in [-0.1, -0.05) is 6.92 Å². The number of likely N-dealkylation sites (tertiary alicyclic amines) is 1. The molecule has 1 heterocycles. The minimum atomic E-state index is -0.847. The Hall–Kier alpha value is -1.79. The lowest BCUT2D eigenvalue weighted by Crippen LogP contribution is -2.46. The fourth-order valence-corrected chi connectivity index (χ4v) is 2.30. The van der Waals surface area contributed by atoms with Gasteiger partial charge in [0.25, 0.3) is 0 Å². The maximum Gasteiger partial charge on any atom is 0.319 e. The number of hydrogen-bond donors (Lipinski definition) is 2. The van der Waals surface area contributed by atoms with Gasteiger partial charge >= 0.3 is 12.0 Å². The van der Waals surface area contributed by atoms with Gasteiger partial charge < -0.3 is 20.2 Å². The molecule has 1 unspecified atom stereocenters. The number of piperidine rings is 1. The van der Waals surface area contributed by atoms with Gasteiger partial charge in [0.1, 0.15) is 0 Å². The monoisotopic (exact) mass is 299 g/mol. The normalized spacial score (nSPS) is 17.2. The van der Waals surface area contributed by atoms with Gasteiger partial charge in [-0.2, -0.15) is 0 Å². The summed E-state index contributed by atoms with van der Waals surface area (Å²) in [4.78, 5) is 37.7. The molecule has 0 aromatic carbocycles. The van der Waals surface area contributed by atoms with E-state index < -0.39 is 11.9 Å². The zero-order chi connectivity index (χ0) is 16.0. The SMILES string of the molecule is CC(CCNC(=O)C1CCN(C(=O)N(C)C)CC1)C(=O)O. The van der Waals surface area contributed by atoms with E-state index in [-0.39, 0.29) is 17.9 Å². The molecule has 0 radical (unpaired) electrons. The number of urea groups is 1. The standard InChI is InChI=1S/C14H25N3O4/c1-10(13(19)20)4-7-15-12(18)11-5-8-17(9-6-11)14(21)16(2)3/h10-11H,4-9H2,1-3H3,(H,15,18)(H,19,20). The number of nitrogens with one attached hydrogen (secondary N) is 1. The van der Waals surface area contributed by atoms with Crippen LogP contribution in [-0.2, 0) is 9.59 Å². The van der Waals surface area contributed by atoms with Crippen LogP contribution in [0.2, 0.25) is 0 Å². The molecule has 0 saturated carbocycles. The second kappa shape index (κ2) is 7.85. The van der Waals surface area contributed by atoms with Crippen LogP contribution in [0, 0.1) is 11.8 Å². The largest absolute Gasteiger partial charge is 0.481 e. The molecular formula is C14H25N3O4. The van der Waals surface area contributed by atoms with Gasteiger partial charge in [0.15, 0.2) is 0 Å². The van der Waals surface area contributed by atoms with Crippen molar-refractivity contribution in [3.05, 3.63) is 0 Å². The lowest BCUT2D eigenvalue weighted by Gasteiger charge is -2.33. The first-order valence-corrected chi connectivity index (χ1v) is 7.29. The average Bonchev–Trinajstić information content (AvgIpc) is 2.46. The van der Waals surface area contributed by atoms with E-state index in [9.17, 15) is 14.4 Å². The fourth-order valence-electron chi connectivity index (χ4n) is 2.30. The van der Waals surface area contributed by atoms with E-state index in [0.717, 1.165) is 0 Å². The van der Waals surface area contributed by atoms with E-state index in [1.807, 2.05) is 0 Å². The molecule has 0 aromatic rings. The Bertz CT molecular complexity index is 390. The van der Waals surface area contributed by atoms with Crippen LogP contribution < -0.4 is 5.32 Å². The quantitative estimate of drug-likeness (QED) is 0.778. The molecule has 0 bridgehead atoms. The first-order chi connectivity index (χ1) is 9.82. The summed E-state index contributed by atoms with van der Waals surface area (Å²) < 4.78 is 0. The number of carbonyl (C=O) groups is 3. The Morgan fingerprint density at radius 3 is 2.33 bits per heavy atom. The van der Waals surface area contributed by atoms with Crippen LogP contribution in [0.25, 0.3) is 0 Å². The molecule has 1 fully saturated rings. The smallest absolute Gasteiger partial charge is 0.319 e. The summed E-state index contributed by atoms with van der Waals surface area (Å²) in [6.45, 7) is 3.17. The molecular weight excluding hydrogens is 274 g/mol. The summed E-state index contributed by atoms with van der Waals surface area (Å²) in [6, 6.07) is -0.0239. The highest BCUT2D eigenvalue weighted by Gasteiger charge is 2.27. The van der Waals surface area contributed by atoms with Crippen LogP contribution in [0.15, 0.2) is 0 Å². The maximum atomic E-state index is 12.0.